The van der Waals surface area contributed by atoms with Crippen molar-refractivity contribution in [2.24, 2.45) is 0 Å². The molecule has 1 saturated heterocycles. The van der Waals surface area contributed by atoms with E-state index in [9.17, 15) is 9.59 Å². The quantitative estimate of drug-likeness (QED) is 0.751. The van der Waals surface area contributed by atoms with Gasteiger partial charge < -0.3 is 15.0 Å². The predicted octanol–water partition coefficient (Wildman–Crippen LogP) is 4.45. The molecule has 1 fully saturated rings. The monoisotopic (exact) mass is 420 g/mol. The average Bonchev–Trinajstić information content (AvgIpc) is 2.83. The van der Waals surface area contributed by atoms with Gasteiger partial charge >= 0.3 is 0 Å². The van der Waals surface area contributed by atoms with Crippen LogP contribution in [0, 0.1) is 0 Å². The maximum atomic E-state index is 12.7. The van der Waals surface area contributed by atoms with Crippen molar-refractivity contribution >= 4 is 11.8 Å². The molecule has 0 aromatic heterocycles. The van der Waals surface area contributed by atoms with Gasteiger partial charge in [0.2, 0.25) is 5.91 Å². The minimum atomic E-state index is 0.0569. The van der Waals surface area contributed by atoms with Crippen molar-refractivity contribution in [3.63, 3.8) is 0 Å². The highest BCUT2D eigenvalue weighted by atomic mass is 16.5. The van der Waals surface area contributed by atoms with Crippen LogP contribution in [0.1, 0.15) is 71.5 Å². The SMILES string of the molecule is COc1ccc2c(c1)CCCC2CC(=O)NCc1cccc(C(=O)N2CCCCC2)c1. The molecule has 0 bridgehead atoms. The first-order valence-corrected chi connectivity index (χ1v) is 11.5. The largest absolute Gasteiger partial charge is 0.497 e. The Balaban J connectivity index is 1.34. The molecule has 2 aromatic carbocycles. The van der Waals surface area contributed by atoms with Crippen LogP contribution in [-0.2, 0) is 17.8 Å². The lowest BCUT2D eigenvalue weighted by Crippen LogP contribution is -2.35. The van der Waals surface area contributed by atoms with E-state index in [4.69, 9.17) is 4.74 Å². The van der Waals surface area contributed by atoms with E-state index < -0.39 is 0 Å². The summed E-state index contributed by atoms with van der Waals surface area (Å²) in [6.07, 6.45) is 7.03. The zero-order valence-corrected chi connectivity index (χ0v) is 18.4. The number of methoxy groups -OCH3 is 1. The summed E-state index contributed by atoms with van der Waals surface area (Å²) >= 11 is 0. The molecule has 2 aliphatic rings. The summed E-state index contributed by atoms with van der Waals surface area (Å²) in [7, 11) is 1.69. The molecular formula is C26H32N2O3. The van der Waals surface area contributed by atoms with Gasteiger partial charge in [0.1, 0.15) is 5.75 Å². The average molecular weight is 421 g/mol. The third-order valence-electron chi connectivity index (χ3n) is 6.53. The third kappa shape index (κ3) is 5.27. The Kier molecular flexibility index (Phi) is 6.90. The van der Waals surface area contributed by atoms with Crippen molar-refractivity contribution in [1.82, 2.24) is 10.2 Å². The lowest BCUT2D eigenvalue weighted by molar-refractivity contribution is -0.121. The lowest BCUT2D eigenvalue weighted by atomic mass is 9.81. The molecule has 2 aromatic rings. The zero-order chi connectivity index (χ0) is 21.6. The fourth-order valence-corrected chi connectivity index (χ4v) is 4.82. The van der Waals surface area contributed by atoms with E-state index in [1.165, 1.54) is 17.5 Å². The summed E-state index contributed by atoms with van der Waals surface area (Å²) in [6.45, 7) is 2.13. The highest BCUT2D eigenvalue weighted by molar-refractivity contribution is 5.94. The Morgan fingerprint density at radius 3 is 2.71 bits per heavy atom. The van der Waals surface area contributed by atoms with E-state index >= 15 is 0 Å². The van der Waals surface area contributed by atoms with E-state index in [0.29, 0.717) is 18.5 Å². The molecule has 1 N–H and O–H groups in total. The molecule has 164 valence electrons. The summed E-state index contributed by atoms with van der Waals surface area (Å²) in [5, 5.41) is 3.06. The molecule has 0 saturated carbocycles. The van der Waals surface area contributed by atoms with E-state index in [0.717, 1.165) is 56.5 Å². The Hall–Kier alpha value is -2.82. The number of hydrogen-bond acceptors (Lipinski definition) is 3. The van der Waals surface area contributed by atoms with E-state index in [1.807, 2.05) is 35.2 Å². The van der Waals surface area contributed by atoms with Crippen molar-refractivity contribution in [3.05, 3.63) is 64.7 Å². The van der Waals surface area contributed by atoms with Gasteiger partial charge in [-0.2, -0.15) is 0 Å². The number of fused-ring (bicyclic) bond motifs is 1. The van der Waals surface area contributed by atoms with Crippen molar-refractivity contribution in [3.8, 4) is 5.75 Å². The van der Waals surface area contributed by atoms with E-state index in [1.54, 1.807) is 7.11 Å². The summed E-state index contributed by atoms with van der Waals surface area (Å²) in [5.41, 5.74) is 4.25. The summed E-state index contributed by atoms with van der Waals surface area (Å²) in [4.78, 5) is 27.4. The van der Waals surface area contributed by atoms with Crippen LogP contribution in [0.3, 0.4) is 0 Å². The van der Waals surface area contributed by atoms with Crippen LogP contribution < -0.4 is 10.1 Å². The van der Waals surface area contributed by atoms with Crippen LogP contribution in [0.4, 0.5) is 0 Å². The molecule has 31 heavy (non-hydrogen) atoms. The molecule has 1 aliphatic carbocycles. The Labute approximate surface area is 184 Å². The molecule has 1 heterocycles. The Morgan fingerprint density at radius 1 is 1.06 bits per heavy atom. The maximum Gasteiger partial charge on any atom is 0.253 e. The van der Waals surface area contributed by atoms with Gasteiger partial charge in [0, 0.05) is 31.6 Å². The number of hydrogen-bond donors (Lipinski definition) is 1. The molecule has 0 spiro atoms. The van der Waals surface area contributed by atoms with Crippen molar-refractivity contribution in [2.45, 2.75) is 57.4 Å². The highest BCUT2D eigenvalue weighted by Gasteiger charge is 2.23. The molecule has 1 atom stereocenters. The summed E-state index contributed by atoms with van der Waals surface area (Å²) in [6, 6.07) is 13.9. The van der Waals surface area contributed by atoms with Gasteiger partial charge in [0.25, 0.3) is 5.91 Å². The second-order valence-corrected chi connectivity index (χ2v) is 8.69. The maximum absolute atomic E-state index is 12.7. The predicted molar refractivity (Wildman–Crippen MR) is 121 cm³/mol. The molecule has 5 heteroatoms. The number of likely N-dealkylation sites (tertiary alicyclic amines) is 1. The second kappa shape index (κ2) is 9.99. The normalized spacial score (nSPS) is 18.2. The van der Waals surface area contributed by atoms with Gasteiger partial charge in [0.05, 0.1) is 7.11 Å². The number of piperidine rings is 1. The molecule has 4 rings (SSSR count). The smallest absolute Gasteiger partial charge is 0.253 e. The fourth-order valence-electron chi connectivity index (χ4n) is 4.82. The number of benzene rings is 2. The Morgan fingerprint density at radius 2 is 1.90 bits per heavy atom. The van der Waals surface area contributed by atoms with Gasteiger partial charge in [-0.3, -0.25) is 9.59 Å². The number of amides is 2. The van der Waals surface area contributed by atoms with Crippen LogP contribution in [0.15, 0.2) is 42.5 Å². The molecule has 5 nitrogen and oxygen atoms in total. The van der Waals surface area contributed by atoms with Gasteiger partial charge in [-0.25, -0.2) is 0 Å². The van der Waals surface area contributed by atoms with Crippen LogP contribution in [0.5, 0.6) is 5.75 Å². The lowest BCUT2D eigenvalue weighted by Gasteiger charge is -2.27. The van der Waals surface area contributed by atoms with Gasteiger partial charge in [-0.1, -0.05) is 18.2 Å². The standard InChI is InChI=1S/C26H32N2O3/c1-31-23-11-12-24-20(16-23)8-6-9-21(24)17-25(29)27-18-19-7-5-10-22(15-19)26(30)28-13-3-2-4-14-28/h5,7,10-12,15-16,21H,2-4,6,8-9,13-14,17-18H2,1H3,(H,27,29). The number of ether oxygens (including phenoxy) is 1. The van der Waals surface area contributed by atoms with Crippen molar-refractivity contribution in [2.75, 3.05) is 20.2 Å². The van der Waals surface area contributed by atoms with Gasteiger partial charge in [0.15, 0.2) is 0 Å². The van der Waals surface area contributed by atoms with Crippen LogP contribution in [-0.4, -0.2) is 36.9 Å². The van der Waals surface area contributed by atoms with Crippen LogP contribution in [0.25, 0.3) is 0 Å². The first-order valence-electron chi connectivity index (χ1n) is 11.5. The number of aryl methyl sites for hydroxylation is 1. The van der Waals surface area contributed by atoms with Crippen LogP contribution in [0.2, 0.25) is 0 Å². The number of carbonyl (C=O) groups excluding carboxylic acids is 2. The topological polar surface area (TPSA) is 58.6 Å². The Bertz CT molecular complexity index is 934. The van der Waals surface area contributed by atoms with E-state index in [-0.39, 0.29) is 17.7 Å². The highest BCUT2D eigenvalue weighted by Crippen LogP contribution is 2.35. The van der Waals surface area contributed by atoms with Crippen LogP contribution >= 0.6 is 0 Å². The third-order valence-corrected chi connectivity index (χ3v) is 6.53. The molecule has 1 aliphatic heterocycles. The minimum Gasteiger partial charge on any atom is -0.497 e. The molecular weight excluding hydrogens is 388 g/mol. The number of carbonyl (C=O) groups is 2. The number of rotatable bonds is 6. The van der Waals surface area contributed by atoms with Crippen molar-refractivity contribution in [1.29, 1.82) is 0 Å². The summed E-state index contributed by atoms with van der Waals surface area (Å²) < 4.78 is 5.34. The number of nitrogens with one attached hydrogen (secondary N) is 1. The molecule has 2 amide bonds. The fraction of sp³-hybridized carbons (Fsp3) is 0.462. The van der Waals surface area contributed by atoms with E-state index in [2.05, 4.69) is 17.4 Å². The minimum absolute atomic E-state index is 0.0569. The van der Waals surface area contributed by atoms with Crippen molar-refractivity contribution < 1.29 is 14.3 Å². The second-order valence-electron chi connectivity index (χ2n) is 8.69. The molecule has 1 unspecified atom stereocenters. The first-order chi connectivity index (χ1) is 15.1. The number of nitrogens with zero attached hydrogens (tertiary/aromatic N) is 1. The first kappa shape index (κ1) is 21.4. The van der Waals surface area contributed by atoms with Gasteiger partial charge in [-0.05, 0) is 85.4 Å². The van der Waals surface area contributed by atoms with Gasteiger partial charge in [-0.15, -0.1) is 0 Å². The zero-order valence-electron chi connectivity index (χ0n) is 18.4. The summed E-state index contributed by atoms with van der Waals surface area (Å²) in [5.74, 6) is 1.29. The molecule has 0 radical (unpaired) electrons.